The molecule has 0 unspecified atom stereocenters. The van der Waals surface area contributed by atoms with Crippen LogP contribution in [-0.4, -0.2) is 16.6 Å². The van der Waals surface area contributed by atoms with Gasteiger partial charge in [0.25, 0.3) is 5.69 Å². The molecule has 0 aromatic heterocycles. The number of rotatable bonds is 6. The molecule has 0 bridgehead atoms. The van der Waals surface area contributed by atoms with E-state index in [1.54, 1.807) is 12.1 Å². The van der Waals surface area contributed by atoms with E-state index >= 15 is 0 Å². The SMILES string of the molecule is O=C(CSCc1ccc(F)cc1)Nc1cc([N+](=O)[O-])ccc1Cl. The van der Waals surface area contributed by atoms with Gasteiger partial charge in [-0.15, -0.1) is 11.8 Å². The normalized spacial score (nSPS) is 10.3. The molecule has 120 valence electrons. The van der Waals surface area contributed by atoms with Crippen molar-refractivity contribution in [3.8, 4) is 0 Å². The van der Waals surface area contributed by atoms with Gasteiger partial charge >= 0.3 is 0 Å². The fourth-order valence-electron chi connectivity index (χ4n) is 1.75. The molecular weight excluding hydrogens is 343 g/mol. The van der Waals surface area contributed by atoms with E-state index in [0.717, 1.165) is 5.56 Å². The zero-order valence-corrected chi connectivity index (χ0v) is 13.4. The maximum absolute atomic E-state index is 12.8. The number of halogens is 2. The molecule has 2 aromatic carbocycles. The van der Waals surface area contributed by atoms with Crippen molar-refractivity contribution in [1.29, 1.82) is 0 Å². The summed E-state index contributed by atoms with van der Waals surface area (Å²) >= 11 is 7.25. The highest BCUT2D eigenvalue weighted by atomic mass is 35.5. The molecule has 2 aromatic rings. The van der Waals surface area contributed by atoms with Gasteiger partial charge in [0.2, 0.25) is 5.91 Å². The van der Waals surface area contributed by atoms with E-state index in [0.29, 0.717) is 5.75 Å². The second-order valence-electron chi connectivity index (χ2n) is 4.59. The van der Waals surface area contributed by atoms with Crippen LogP contribution >= 0.6 is 23.4 Å². The van der Waals surface area contributed by atoms with Crippen molar-refractivity contribution in [3.63, 3.8) is 0 Å². The molecule has 0 saturated heterocycles. The minimum absolute atomic E-state index is 0.149. The molecular formula is C15H12ClFN2O3S. The first-order chi connectivity index (χ1) is 11.0. The molecule has 0 heterocycles. The Labute approximate surface area is 141 Å². The Hall–Kier alpha value is -2.12. The number of carbonyl (C=O) groups excluding carboxylic acids is 1. The van der Waals surface area contributed by atoms with Gasteiger partial charge in [0.15, 0.2) is 0 Å². The van der Waals surface area contributed by atoms with Gasteiger partial charge in [-0.25, -0.2) is 4.39 Å². The number of carbonyl (C=O) groups is 1. The molecule has 0 saturated carbocycles. The van der Waals surface area contributed by atoms with Crippen LogP contribution in [-0.2, 0) is 10.5 Å². The molecule has 0 radical (unpaired) electrons. The molecule has 0 aliphatic heterocycles. The van der Waals surface area contributed by atoms with Crippen LogP contribution in [0.5, 0.6) is 0 Å². The van der Waals surface area contributed by atoms with Crippen molar-refractivity contribution in [2.45, 2.75) is 5.75 Å². The van der Waals surface area contributed by atoms with Crippen molar-refractivity contribution in [2.24, 2.45) is 0 Å². The van der Waals surface area contributed by atoms with Gasteiger partial charge in [-0.3, -0.25) is 14.9 Å². The summed E-state index contributed by atoms with van der Waals surface area (Å²) < 4.78 is 12.8. The van der Waals surface area contributed by atoms with Crippen molar-refractivity contribution < 1.29 is 14.1 Å². The molecule has 0 aliphatic rings. The quantitative estimate of drug-likeness (QED) is 0.621. The summed E-state index contributed by atoms with van der Waals surface area (Å²) in [4.78, 5) is 22.0. The maximum atomic E-state index is 12.8. The molecule has 0 spiro atoms. The fraction of sp³-hybridized carbons (Fsp3) is 0.133. The Morgan fingerprint density at radius 1 is 1.26 bits per heavy atom. The number of hydrogen-bond acceptors (Lipinski definition) is 4. The van der Waals surface area contributed by atoms with Gasteiger partial charge in [0.1, 0.15) is 5.82 Å². The van der Waals surface area contributed by atoms with Crippen LogP contribution in [0.15, 0.2) is 42.5 Å². The lowest BCUT2D eigenvalue weighted by Crippen LogP contribution is -2.14. The van der Waals surface area contributed by atoms with Crippen LogP contribution in [0.25, 0.3) is 0 Å². The van der Waals surface area contributed by atoms with Gasteiger partial charge < -0.3 is 5.32 Å². The largest absolute Gasteiger partial charge is 0.324 e. The lowest BCUT2D eigenvalue weighted by Gasteiger charge is -2.07. The van der Waals surface area contributed by atoms with Crippen LogP contribution in [0.4, 0.5) is 15.8 Å². The minimum atomic E-state index is -0.560. The molecule has 5 nitrogen and oxygen atoms in total. The number of benzene rings is 2. The predicted molar refractivity (Wildman–Crippen MR) is 89.3 cm³/mol. The number of nitrogens with one attached hydrogen (secondary N) is 1. The van der Waals surface area contributed by atoms with Crippen molar-refractivity contribution in [3.05, 3.63) is 69.0 Å². The van der Waals surface area contributed by atoms with E-state index in [2.05, 4.69) is 5.32 Å². The number of anilines is 1. The van der Waals surface area contributed by atoms with Gasteiger partial charge in [0, 0.05) is 17.9 Å². The maximum Gasteiger partial charge on any atom is 0.271 e. The van der Waals surface area contributed by atoms with Crippen LogP contribution in [0.2, 0.25) is 5.02 Å². The van der Waals surface area contributed by atoms with E-state index in [1.807, 2.05) is 0 Å². The third kappa shape index (κ3) is 5.22. The molecule has 0 fully saturated rings. The second-order valence-corrected chi connectivity index (χ2v) is 5.98. The molecule has 2 rings (SSSR count). The Bertz CT molecular complexity index is 725. The summed E-state index contributed by atoms with van der Waals surface area (Å²) in [7, 11) is 0. The van der Waals surface area contributed by atoms with E-state index < -0.39 is 4.92 Å². The van der Waals surface area contributed by atoms with E-state index in [1.165, 1.54) is 42.1 Å². The molecule has 23 heavy (non-hydrogen) atoms. The lowest BCUT2D eigenvalue weighted by atomic mass is 10.2. The first-order valence-electron chi connectivity index (χ1n) is 6.51. The third-order valence-electron chi connectivity index (χ3n) is 2.85. The first-order valence-corrected chi connectivity index (χ1v) is 8.05. The highest BCUT2D eigenvalue weighted by Gasteiger charge is 2.12. The topological polar surface area (TPSA) is 72.2 Å². The van der Waals surface area contributed by atoms with Gasteiger partial charge in [-0.05, 0) is 23.8 Å². The highest BCUT2D eigenvalue weighted by Crippen LogP contribution is 2.27. The standard InChI is InChI=1S/C15H12ClFN2O3S/c16-13-6-5-12(19(21)22)7-14(13)18-15(20)9-23-8-10-1-3-11(17)4-2-10/h1-7H,8-9H2,(H,18,20). The minimum Gasteiger partial charge on any atom is -0.324 e. The number of nitrogens with zero attached hydrogens (tertiary/aromatic N) is 1. The third-order valence-corrected chi connectivity index (χ3v) is 4.18. The van der Waals surface area contributed by atoms with Gasteiger partial charge in [-0.1, -0.05) is 23.7 Å². The molecule has 1 amide bonds. The Morgan fingerprint density at radius 3 is 2.61 bits per heavy atom. The van der Waals surface area contributed by atoms with Gasteiger partial charge in [-0.2, -0.15) is 0 Å². The lowest BCUT2D eigenvalue weighted by molar-refractivity contribution is -0.384. The molecule has 1 N–H and O–H groups in total. The van der Waals surface area contributed by atoms with E-state index in [9.17, 15) is 19.3 Å². The van der Waals surface area contributed by atoms with Crippen LogP contribution in [0.3, 0.4) is 0 Å². The summed E-state index contributed by atoms with van der Waals surface area (Å²) in [5.74, 6) is 0.0727. The first kappa shape index (κ1) is 17.2. The Kier molecular flexibility index (Phi) is 5.95. The summed E-state index contributed by atoms with van der Waals surface area (Å²) in [6.07, 6.45) is 0. The van der Waals surface area contributed by atoms with E-state index in [4.69, 9.17) is 11.6 Å². The zero-order valence-electron chi connectivity index (χ0n) is 11.8. The number of non-ortho nitro benzene ring substituents is 1. The summed E-state index contributed by atoms with van der Waals surface area (Å²) in [5, 5.41) is 13.5. The second kappa shape index (κ2) is 7.94. The monoisotopic (exact) mass is 354 g/mol. The average molecular weight is 355 g/mol. The summed E-state index contributed by atoms with van der Waals surface area (Å²) in [6.45, 7) is 0. The number of nitro groups is 1. The zero-order chi connectivity index (χ0) is 16.8. The van der Waals surface area contributed by atoms with Crippen molar-refractivity contribution in [2.75, 3.05) is 11.1 Å². The van der Waals surface area contributed by atoms with Crippen molar-refractivity contribution >= 4 is 40.6 Å². The number of nitro benzene ring substituents is 1. The van der Waals surface area contributed by atoms with Crippen molar-refractivity contribution in [1.82, 2.24) is 0 Å². The predicted octanol–water partition coefficient (Wildman–Crippen LogP) is 4.26. The highest BCUT2D eigenvalue weighted by molar-refractivity contribution is 7.99. The Morgan fingerprint density at radius 2 is 1.96 bits per heavy atom. The number of thioether (sulfide) groups is 1. The fourth-order valence-corrected chi connectivity index (χ4v) is 2.70. The molecule has 8 heteroatoms. The van der Waals surface area contributed by atoms with Gasteiger partial charge in [0.05, 0.1) is 21.4 Å². The summed E-state index contributed by atoms with van der Waals surface area (Å²) in [6, 6.07) is 9.86. The van der Waals surface area contributed by atoms with Crippen LogP contribution in [0.1, 0.15) is 5.56 Å². The molecule has 0 atom stereocenters. The smallest absolute Gasteiger partial charge is 0.271 e. The summed E-state index contributed by atoms with van der Waals surface area (Å²) in [5.41, 5.74) is 0.953. The number of hydrogen-bond donors (Lipinski definition) is 1. The molecule has 0 aliphatic carbocycles. The number of amides is 1. The average Bonchev–Trinajstić information content (AvgIpc) is 2.51. The Balaban J connectivity index is 1.88. The van der Waals surface area contributed by atoms with Crippen LogP contribution in [0, 0.1) is 15.9 Å². The van der Waals surface area contributed by atoms with Crippen LogP contribution < -0.4 is 5.32 Å². The van der Waals surface area contributed by atoms with E-state index in [-0.39, 0.29) is 33.9 Å².